The molecule has 7 heteroatoms. The maximum atomic E-state index is 13.2. The lowest BCUT2D eigenvalue weighted by Gasteiger charge is -2.31. The molecular weight excluding hydrogens is 471 g/mol. The van der Waals surface area contributed by atoms with Crippen molar-refractivity contribution >= 4 is 23.2 Å². The lowest BCUT2D eigenvalue weighted by atomic mass is 9.76. The van der Waals surface area contributed by atoms with E-state index < -0.39 is 12.8 Å². The Balaban J connectivity index is 2.28. The van der Waals surface area contributed by atoms with E-state index in [0.29, 0.717) is 23.5 Å². The monoisotopic (exact) mass is 514 g/mol. The predicted molar refractivity (Wildman–Crippen MR) is 148 cm³/mol. The molecule has 0 bridgehead atoms. The van der Waals surface area contributed by atoms with Gasteiger partial charge in [0.15, 0.2) is 6.10 Å². The number of nitrogens with one attached hydrogen (secondary N) is 2. The number of hydrogen-bond donors (Lipinski definition) is 3. The average Bonchev–Trinajstić information content (AvgIpc) is 2.85. The van der Waals surface area contributed by atoms with Crippen LogP contribution in [0.1, 0.15) is 91.7 Å². The number of anilines is 2. The highest BCUT2D eigenvalue weighted by atomic mass is 19.1. The first-order chi connectivity index (χ1) is 17.4. The Morgan fingerprint density at radius 3 is 2.14 bits per heavy atom. The van der Waals surface area contributed by atoms with E-state index in [9.17, 15) is 19.1 Å². The van der Waals surface area contributed by atoms with Gasteiger partial charge in [0, 0.05) is 35.5 Å². The van der Waals surface area contributed by atoms with Gasteiger partial charge in [0.1, 0.15) is 11.5 Å². The molecule has 0 aliphatic rings. The van der Waals surface area contributed by atoms with Gasteiger partial charge in [0.25, 0.3) is 5.91 Å². The lowest BCUT2D eigenvalue weighted by molar-refractivity contribution is -0.123. The minimum absolute atomic E-state index is 0.0208. The highest BCUT2D eigenvalue weighted by Crippen LogP contribution is 2.39. The Kier molecular flexibility index (Phi) is 10.5. The third kappa shape index (κ3) is 8.20. The van der Waals surface area contributed by atoms with Crippen LogP contribution in [0.3, 0.4) is 0 Å². The summed E-state index contributed by atoms with van der Waals surface area (Å²) in [5, 5.41) is 15.5. The second-order valence-corrected chi connectivity index (χ2v) is 10.8. The summed E-state index contributed by atoms with van der Waals surface area (Å²) in [4.78, 5) is 25.1. The van der Waals surface area contributed by atoms with Crippen molar-refractivity contribution in [1.82, 2.24) is 0 Å². The van der Waals surface area contributed by atoms with E-state index in [1.165, 1.54) is 17.7 Å². The zero-order valence-corrected chi connectivity index (χ0v) is 23.3. The Labute approximate surface area is 221 Å². The molecule has 0 fully saturated rings. The molecule has 2 aromatic carbocycles. The number of phenolic OH excluding ortho intramolecular Hbond substituents is 1. The number of benzene rings is 2. The molecule has 2 aromatic rings. The second kappa shape index (κ2) is 12.9. The van der Waals surface area contributed by atoms with Crippen LogP contribution in [0.5, 0.6) is 11.5 Å². The topological polar surface area (TPSA) is 87.7 Å². The number of carbonyl (C=O) groups excluding carboxylic acids is 2. The number of carbonyl (C=O) groups is 2. The van der Waals surface area contributed by atoms with Crippen molar-refractivity contribution in [1.29, 1.82) is 0 Å². The molecule has 0 radical (unpaired) electrons. The molecule has 0 saturated carbocycles. The fourth-order valence-electron chi connectivity index (χ4n) is 3.88. The van der Waals surface area contributed by atoms with E-state index in [4.69, 9.17) is 4.74 Å². The molecule has 2 amide bonds. The van der Waals surface area contributed by atoms with Crippen LogP contribution in [0.25, 0.3) is 0 Å². The van der Waals surface area contributed by atoms with Crippen molar-refractivity contribution in [2.45, 2.75) is 97.5 Å². The fraction of sp³-hybridized carbons (Fsp3) is 0.533. The van der Waals surface area contributed by atoms with Crippen molar-refractivity contribution in [3.8, 4) is 11.5 Å². The molecule has 1 atom stereocenters. The Morgan fingerprint density at radius 1 is 0.946 bits per heavy atom. The van der Waals surface area contributed by atoms with Crippen molar-refractivity contribution < 1.29 is 23.8 Å². The van der Waals surface area contributed by atoms with Crippen molar-refractivity contribution in [2.75, 3.05) is 17.3 Å². The molecule has 204 valence electrons. The smallest absolute Gasteiger partial charge is 0.265 e. The SMILES string of the molecule is CCC(Oc1ccc(C(C)(C)CC)cc1C(C)(C)CC)C(=O)Nc1cc(O)cc(NC(=O)CCCF)c1. The summed E-state index contributed by atoms with van der Waals surface area (Å²) in [6.07, 6.45) is 1.74. The fourth-order valence-corrected chi connectivity index (χ4v) is 3.88. The zero-order chi connectivity index (χ0) is 27.8. The predicted octanol–water partition coefficient (Wildman–Crippen LogP) is 7.25. The van der Waals surface area contributed by atoms with Crippen LogP contribution in [0, 0.1) is 0 Å². The average molecular weight is 515 g/mol. The van der Waals surface area contributed by atoms with E-state index in [-0.39, 0.29) is 41.2 Å². The summed E-state index contributed by atoms with van der Waals surface area (Å²) >= 11 is 0. The Bertz CT molecular complexity index is 1080. The number of amides is 2. The van der Waals surface area contributed by atoms with Gasteiger partial charge < -0.3 is 20.5 Å². The third-order valence-electron chi connectivity index (χ3n) is 7.20. The number of aromatic hydroxyl groups is 1. The Hall–Kier alpha value is -3.09. The quantitative estimate of drug-likeness (QED) is 0.263. The number of alkyl halides is 1. The number of rotatable bonds is 13. The summed E-state index contributed by atoms with van der Waals surface area (Å²) in [5.41, 5.74) is 2.81. The molecule has 6 nitrogen and oxygen atoms in total. The van der Waals surface area contributed by atoms with Crippen LogP contribution in [-0.4, -0.2) is 29.7 Å². The number of ether oxygens (including phenoxy) is 1. The second-order valence-electron chi connectivity index (χ2n) is 10.8. The van der Waals surface area contributed by atoms with Gasteiger partial charge in [-0.1, -0.05) is 60.6 Å². The number of halogens is 1. The van der Waals surface area contributed by atoms with Gasteiger partial charge >= 0.3 is 0 Å². The van der Waals surface area contributed by atoms with Crippen molar-refractivity contribution in [3.63, 3.8) is 0 Å². The van der Waals surface area contributed by atoms with Gasteiger partial charge in [-0.15, -0.1) is 0 Å². The van der Waals surface area contributed by atoms with Gasteiger partial charge in [0.2, 0.25) is 5.91 Å². The highest BCUT2D eigenvalue weighted by molar-refractivity contribution is 5.96. The van der Waals surface area contributed by atoms with Gasteiger partial charge in [-0.05, 0) is 54.2 Å². The first-order valence-corrected chi connectivity index (χ1v) is 13.2. The maximum Gasteiger partial charge on any atom is 0.265 e. The lowest BCUT2D eigenvalue weighted by Crippen LogP contribution is -2.33. The maximum absolute atomic E-state index is 13.2. The van der Waals surface area contributed by atoms with Gasteiger partial charge in [-0.2, -0.15) is 0 Å². The molecule has 0 aliphatic carbocycles. The highest BCUT2D eigenvalue weighted by Gasteiger charge is 2.29. The summed E-state index contributed by atoms with van der Waals surface area (Å²) in [5.74, 6) is -0.160. The molecule has 2 rings (SSSR count). The number of phenols is 1. The standard InChI is InChI=1S/C30H43FN2O4/c1-8-25(28(36)33-22-17-21(18-23(34)19-22)32-27(35)12-11-15-31)37-26-14-13-20(29(4,5)9-2)16-24(26)30(6,7)10-3/h13-14,16-19,25,34H,8-12,15H2,1-7H3,(H,32,35)(H,33,36). The Morgan fingerprint density at radius 2 is 1.57 bits per heavy atom. The summed E-state index contributed by atoms with van der Waals surface area (Å²) in [7, 11) is 0. The van der Waals surface area contributed by atoms with E-state index in [2.05, 4.69) is 64.3 Å². The van der Waals surface area contributed by atoms with Gasteiger partial charge in [-0.25, -0.2) is 0 Å². The van der Waals surface area contributed by atoms with Gasteiger partial charge in [-0.3, -0.25) is 14.0 Å². The molecule has 3 N–H and O–H groups in total. The van der Waals surface area contributed by atoms with Crippen molar-refractivity contribution in [2.24, 2.45) is 0 Å². The largest absolute Gasteiger partial charge is 0.508 e. The first-order valence-electron chi connectivity index (χ1n) is 13.2. The van der Waals surface area contributed by atoms with Crippen LogP contribution in [0.4, 0.5) is 15.8 Å². The molecule has 0 heterocycles. The van der Waals surface area contributed by atoms with Gasteiger partial charge in [0.05, 0.1) is 6.67 Å². The third-order valence-corrected chi connectivity index (χ3v) is 7.20. The van der Waals surface area contributed by atoms with Crippen LogP contribution in [0.2, 0.25) is 0 Å². The van der Waals surface area contributed by atoms with Crippen LogP contribution < -0.4 is 15.4 Å². The van der Waals surface area contributed by atoms with Crippen molar-refractivity contribution in [3.05, 3.63) is 47.5 Å². The number of hydrogen-bond acceptors (Lipinski definition) is 4. The minimum Gasteiger partial charge on any atom is -0.508 e. The molecular formula is C30H43FN2O4. The van der Waals surface area contributed by atoms with E-state index in [1.54, 1.807) is 6.07 Å². The summed E-state index contributed by atoms with van der Waals surface area (Å²) in [6.45, 7) is 14.4. The molecule has 1 unspecified atom stereocenters. The molecule has 0 saturated heterocycles. The summed E-state index contributed by atoms with van der Waals surface area (Å²) in [6, 6.07) is 10.6. The van der Waals surface area contributed by atoms with E-state index >= 15 is 0 Å². The first kappa shape index (κ1) is 30.1. The zero-order valence-electron chi connectivity index (χ0n) is 23.3. The molecule has 0 spiro atoms. The molecule has 0 aromatic heterocycles. The van der Waals surface area contributed by atoms with Crippen LogP contribution >= 0.6 is 0 Å². The van der Waals surface area contributed by atoms with Crippen LogP contribution in [-0.2, 0) is 20.4 Å². The minimum atomic E-state index is -0.763. The summed E-state index contributed by atoms with van der Waals surface area (Å²) < 4.78 is 18.7. The van der Waals surface area contributed by atoms with E-state index in [0.717, 1.165) is 18.4 Å². The molecule has 37 heavy (non-hydrogen) atoms. The molecule has 0 aliphatic heterocycles. The van der Waals surface area contributed by atoms with Crippen LogP contribution in [0.15, 0.2) is 36.4 Å². The normalized spacial score (nSPS) is 12.6. The van der Waals surface area contributed by atoms with E-state index in [1.807, 2.05) is 13.0 Å².